The average molecular weight is 335 g/mol. The van der Waals surface area contributed by atoms with Crippen LogP contribution in [-0.2, 0) is 9.59 Å². The minimum absolute atomic E-state index is 0.0107. The summed E-state index contributed by atoms with van der Waals surface area (Å²) in [5.41, 5.74) is 0.678. The summed E-state index contributed by atoms with van der Waals surface area (Å²) in [4.78, 5) is 27.5. The predicted molar refractivity (Wildman–Crippen MR) is 91.5 cm³/mol. The molecule has 1 N–H and O–H groups in total. The van der Waals surface area contributed by atoms with Gasteiger partial charge in [0.15, 0.2) is 0 Å². The van der Waals surface area contributed by atoms with Gasteiger partial charge in [0.25, 0.3) is 0 Å². The molecule has 0 radical (unpaired) electrons. The van der Waals surface area contributed by atoms with Crippen LogP contribution in [0.3, 0.4) is 0 Å². The number of carbonyl (C=O) groups is 2. The Labute approximate surface area is 142 Å². The molecule has 1 aromatic carbocycles. The number of carbonyl (C=O) groups excluding carboxylic acids is 2. The van der Waals surface area contributed by atoms with E-state index in [0.29, 0.717) is 23.6 Å². The summed E-state index contributed by atoms with van der Waals surface area (Å²) in [5, 5.41) is 3.54. The van der Waals surface area contributed by atoms with E-state index in [4.69, 9.17) is 11.6 Å². The molecule has 1 saturated carbocycles. The number of halogens is 1. The fourth-order valence-electron chi connectivity index (χ4n) is 3.22. The Bertz CT molecular complexity index is 617. The van der Waals surface area contributed by atoms with Gasteiger partial charge in [0, 0.05) is 23.8 Å². The van der Waals surface area contributed by atoms with Crippen LogP contribution in [-0.4, -0.2) is 29.8 Å². The van der Waals surface area contributed by atoms with Crippen molar-refractivity contribution >= 4 is 29.1 Å². The van der Waals surface area contributed by atoms with Gasteiger partial charge in [-0.3, -0.25) is 9.59 Å². The zero-order chi connectivity index (χ0) is 16.4. The maximum Gasteiger partial charge on any atom is 0.240 e. The Hall–Kier alpha value is -1.55. The first kappa shape index (κ1) is 16.3. The summed E-state index contributed by atoms with van der Waals surface area (Å²) in [6.07, 6.45) is 5.71. The van der Waals surface area contributed by atoms with E-state index in [9.17, 15) is 9.59 Å². The molecule has 0 unspecified atom stereocenters. The second-order valence-electron chi connectivity index (χ2n) is 6.66. The van der Waals surface area contributed by atoms with Gasteiger partial charge in [-0.1, -0.05) is 30.5 Å². The van der Waals surface area contributed by atoms with Crippen molar-refractivity contribution in [3.63, 3.8) is 0 Å². The molecule has 1 aromatic rings. The molecule has 1 aliphatic heterocycles. The monoisotopic (exact) mass is 334 g/mol. The molecular weight excluding hydrogens is 312 g/mol. The first-order valence-corrected chi connectivity index (χ1v) is 8.78. The maximum atomic E-state index is 12.9. The zero-order valence-corrected chi connectivity index (χ0v) is 14.3. The van der Waals surface area contributed by atoms with E-state index >= 15 is 0 Å². The van der Waals surface area contributed by atoms with Crippen molar-refractivity contribution in [1.82, 2.24) is 4.90 Å². The van der Waals surface area contributed by atoms with Crippen molar-refractivity contribution in [3.8, 4) is 0 Å². The summed E-state index contributed by atoms with van der Waals surface area (Å²) in [5.74, 6) is -0.173. The highest BCUT2D eigenvalue weighted by molar-refractivity contribution is 6.31. The van der Waals surface area contributed by atoms with Crippen LogP contribution >= 0.6 is 11.6 Å². The lowest BCUT2D eigenvalue weighted by Gasteiger charge is -2.25. The SMILES string of the molecule is Cc1c(Cl)cccc1NC(=O)C1(C(=O)N2CCCCCC2)CC1. The second-order valence-corrected chi connectivity index (χ2v) is 7.06. The van der Waals surface area contributed by atoms with E-state index in [-0.39, 0.29) is 11.8 Å². The van der Waals surface area contributed by atoms with Crippen LogP contribution in [0.5, 0.6) is 0 Å². The van der Waals surface area contributed by atoms with Gasteiger partial charge >= 0.3 is 0 Å². The number of hydrogen-bond donors (Lipinski definition) is 1. The largest absolute Gasteiger partial charge is 0.342 e. The van der Waals surface area contributed by atoms with Gasteiger partial charge in [0.2, 0.25) is 11.8 Å². The van der Waals surface area contributed by atoms with E-state index in [1.807, 2.05) is 17.9 Å². The number of benzene rings is 1. The molecule has 0 aromatic heterocycles. The molecule has 5 heteroatoms. The van der Waals surface area contributed by atoms with Gasteiger partial charge in [0.05, 0.1) is 0 Å². The first-order chi connectivity index (χ1) is 11.0. The van der Waals surface area contributed by atoms with Gasteiger partial charge in [-0.05, 0) is 50.3 Å². The number of likely N-dealkylation sites (tertiary alicyclic amines) is 1. The summed E-state index contributed by atoms with van der Waals surface area (Å²) in [6.45, 7) is 3.43. The van der Waals surface area contributed by atoms with Crippen LogP contribution < -0.4 is 5.32 Å². The van der Waals surface area contributed by atoms with Crippen molar-refractivity contribution in [2.24, 2.45) is 5.41 Å². The van der Waals surface area contributed by atoms with Crippen LogP contribution in [0.15, 0.2) is 18.2 Å². The van der Waals surface area contributed by atoms with Crippen LogP contribution in [0.1, 0.15) is 44.1 Å². The second kappa shape index (κ2) is 6.52. The molecule has 23 heavy (non-hydrogen) atoms. The Morgan fingerprint density at radius 2 is 1.78 bits per heavy atom. The van der Waals surface area contributed by atoms with E-state index in [1.165, 1.54) is 12.8 Å². The summed E-state index contributed by atoms with van der Waals surface area (Å²) in [7, 11) is 0. The third-order valence-corrected chi connectivity index (χ3v) is 5.41. The highest BCUT2D eigenvalue weighted by Crippen LogP contribution is 2.48. The van der Waals surface area contributed by atoms with Gasteiger partial charge in [0.1, 0.15) is 5.41 Å². The molecule has 2 aliphatic rings. The predicted octanol–water partition coefficient (Wildman–Crippen LogP) is 3.77. The van der Waals surface area contributed by atoms with Gasteiger partial charge in [-0.2, -0.15) is 0 Å². The highest BCUT2D eigenvalue weighted by Gasteiger charge is 2.58. The fraction of sp³-hybridized carbons (Fsp3) is 0.556. The normalized spacial score (nSPS) is 19.8. The Kier molecular flexibility index (Phi) is 4.62. The molecule has 0 spiro atoms. The van der Waals surface area contributed by atoms with Crippen molar-refractivity contribution in [2.75, 3.05) is 18.4 Å². The van der Waals surface area contributed by atoms with Crippen molar-refractivity contribution in [1.29, 1.82) is 0 Å². The highest BCUT2D eigenvalue weighted by atomic mass is 35.5. The fourth-order valence-corrected chi connectivity index (χ4v) is 3.40. The van der Waals surface area contributed by atoms with Crippen LogP contribution in [0.2, 0.25) is 5.02 Å². The quantitative estimate of drug-likeness (QED) is 0.855. The number of hydrogen-bond acceptors (Lipinski definition) is 2. The molecule has 2 fully saturated rings. The lowest BCUT2D eigenvalue weighted by molar-refractivity contribution is -0.142. The topological polar surface area (TPSA) is 49.4 Å². The third kappa shape index (κ3) is 3.23. The molecule has 1 heterocycles. The Morgan fingerprint density at radius 1 is 1.13 bits per heavy atom. The number of nitrogens with one attached hydrogen (secondary N) is 1. The van der Waals surface area contributed by atoms with Gasteiger partial charge in [-0.15, -0.1) is 0 Å². The Morgan fingerprint density at radius 3 is 2.39 bits per heavy atom. The number of rotatable bonds is 3. The molecule has 3 rings (SSSR count). The zero-order valence-electron chi connectivity index (χ0n) is 13.5. The molecule has 4 nitrogen and oxygen atoms in total. The molecule has 124 valence electrons. The van der Waals surface area contributed by atoms with Crippen LogP contribution in [0.25, 0.3) is 0 Å². The summed E-state index contributed by atoms with van der Waals surface area (Å²) < 4.78 is 0. The van der Waals surface area contributed by atoms with Gasteiger partial charge in [-0.25, -0.2) is 0 Å². The number of amides is 2. The number of nitrogens with zero attached hydrogens (tertiary/aromatic N) is 1. The summed E-state index contributed by atoms with van der Waals surface area (Å²) >= 11 is 6.10. The first-order valence-electron chi connectivity index (χ1n) is 8.40. The van der Waals surface area contributed by atoms with Crippen LogP contribution in [0.4, 0.5) is 5.69 Å². The number of anilines is 1. The van der Waals surface area contributed by atoms with E-state index in [2.05, 4.69) is 5.32 Å². The van der Waals surface area contributed by atoms with Crippen molar-refractivity contribution in [3.05, 3.63) is 28.8 Å². The molecule has 2 amide bonds. The van der Waals surface area contributed by atoms with Crippen molar-refractivity contribution in [2.45, 2.75) is 45.4 Å². The smallest absolute Gasteiger partial charge is 0.240 e. The van der Waals surface area contributed by atoms with E-state index < -0.39 is 5.41 Å². The minimum atomic E-state index is -0.848. The van der Waals surface area contributed by atoms with Gasteiger partial charge < -0.3 is 10.2 Å². The standard InChI is InChI=1S/C18H23ClN2O2/c1-13-14(19)7-6-8-15(13)20-16(22)18(9-10-18)17(23)21-11-4-2-3-5-12-21/h6-8H,2-5,9-12H2,1H3,(H,20,22). The summed E-state index contributed by atoms with van der Waals surface area (Å²) in [6, 6.07) is 5.43. The minimum Gasteiger partial charge on any atom is -0.342 e. The maximum absolute atomic E-state index is 12.9. The molecule has 1 aliphatic carbocycles. The molecular formula is C18H23ClN2O2. The Balaban J connectivity index is 1.73. The molecule has 1 saturated heterocycles. The lowest BCUT2D eigenvalue weighted by atomic mass is 10.0. The third-order valence-electron chi connectivity index (χ3n) is 5.00. The van der Waals surface area contributed by atoms with E-state index in [1.54, 1.807) is 12.1 Å². The van der Waals surface area contributed by atoms with Crippen LogP contribution in [0, 0.1) is 12.3 Å². The van der Waals surface area contributed by atoms with E-state index in [0.717, 1.165) is 31.5 Å². The molecule has 0 atom stereocenters. The average Bonchev–Trinajstić information content (AvgIpc) is 3.35. The molecule has 0 bridgehead atoms. The van der Waals surface area contributed by atoms with Crippen molar-refractivity contribution < 1.29 is 9.59 Å². The lowest BCUT2D eigenvalue weighted by Crippen LogP contribution is -2.43.